The second-order valence-corrected chi connectivity index (χ2v) is 6.21. The summed E-state index contributed by atoms with van der Waals surface area (Å²) in [5.41, 5.74) is 0. The Bertz CT molecular complexity index is 474. The molecule has 1 N–H and O–H groups in total. The van der Waals surface area contributed by atoms with Crippen molar-refractivity contribution >= 4 is 33.6 Å². The van der Waals surface area contributed by atoms with Crippen molar-refractivity contribution in [3.63, 3.8) is 0 Å². The highest BCUT2D eigenvalue weighted by atomic mass is 79.9. The lowest BCUT2D eigenvalue weighted by Gasteiger charge is -2.22. The van der Waals surface area contributed by atoms with Crippen LogP contribution in [-0.2, 0) is 9.59 Å². The Morgan fingerprint density at radius 3 is 2.62 bits per heavy atom. The molecule has 1 aromatic heterocycles. The monoisotopic (exact) mass is 355 g/mol. The molecule has 0 bridgehead atoms. The van der Waals surface area contributed by atoms with Crippen LogP contribution in [0.3, 0.4) is 0 Å². The number of carbonyl (C=O) groups excluding carboxylic acids is 2. The van der Waals surface area contributed by atoms with Crippen LogP contribution in [0.4, 0.5) is 5.82 Å². The summed E-state index contributed by atoms with van der Waals surface area (Å²) >= 11 is 3.33. The molecule has 0 saturated heterocycles. The lowest BCUT2D eigenvalue weighted by atomic mass is 10.1. The van der Waals surface area contributed by atoms with Crippen LogP contribution in [0.15, 0.2) is 22.8 Å². The van der Waals surface area contributed by atoms with E-state index in [-0.39, 0.29) is 11.8 Å². The number of carbonyl (C=O) groups is 2. The third-order valence-electron chi connectivity index (χ3n) is 2.93. The Labute approximate surface area is 134 Å². The van der Waals surface area contributed by atoms with Crippen molar-refractivity contribution in [2.45, 2.75) is 33.6 Å². The first kappa shape index (κ1) is 17.6. The summed E-state index contributed by atoms with van der Waals surface area (Å²) in [6.07, 6.45) is 2.98. The summed E-state index contributed by atoms with van der Waals surface area (Å²) in [7, 11) is 0. The van der Waals surface area contributed by atoms with Crippen molar-refractivity contribution in [3.8, 4) is 0 Å². The molecule has 0 aliphatic carbocycles. The predicted molar refractivity (Wildman–Crippen MR) is 87.0 cm³/mol. The molecule has 1 aromatic rings. The minimum atomic E-state index is -0.103. The second-order valence-electron chi connectivity index (χ2n) is 5.30. The molecule has 0 aromatic carbocycles. The van der Waals surface area contributed by atoms with Crippen LogP contribution >= 0.6 is 15.9 Å². The normalized spacial score (nSPS) is 10.5. The summed E-state index contributed by atoms with van der Waals surface area (Å²) in [5.74, 6) is 1.01. The maximum Gasteiger partial charge on any atom is 0.228 e. The van der Waals surface area contributed by atoms with Gasteiger partial charge in [-0.3, -0.25) is 14.5 Å². The maximum absolute atomic E-state index is 12.4. The van der Waals surface area contributed by atoms with E-state index in [1.807, 2.05) is 6.07 Å². The number of hydrogen-bond donors (Lipinski definition) is 1. The summed E-state index contributed by atoms with van der Waals surface area (Å²) < 4.78 is 0.864. The first-order valence-electron chi connectivity index (χ1n) is 7.06. The van der Waals surface area contributed by atoms with Gasteiger partial charge in [0.15, 0.2) is 0 Å². The van der Waals surface area contributed by atoms with Gasteiger partial charge in [0.1, 0.15) is 5.82 Å². The molecule has 116 valence electrons. The highest BCUT2D eigenvalue weighted by molar-refractivity contribution is 9.10. The van der Waals surface area contributed by atoms with Gasteiger partial charge in [0.25, 0.3) is 0 Å². The number of nitrogens with zero attached hydrogens (tertiary/aromatic N) is 2. The molecule has 0 atom stereocenters. The van der Waals surface area contributed by atoms with Crippen LogP contribution in [0.1, 0.15) is 33.6 Å². The summed E-state index contributed by atoms with van der Waals surface area (Å²) in [6, 6.07) is 3.65. The van der Waals surface area contributed by atoms with Crippen LogP contribution < -0.4 is 10.2 Å². The topological polar surface area (TPSA) is 62.3 Å². The van der Waals surface area contributed by atoms with Crippen molar-refractivity contribution < 1.29 is 9.59 Å². The molecule has 0 aliphatic heterocycles. The highest BCUT2D eigenvalue weighted by Gasteiger charge is 2.17. The maximum atomic E-state index is 12.4. The molecule has 0 radical (unpaired) electrons. The third kappa shape index (κ3) is 6.71. The molecule has 6 heteroatoms. The molecule has 2 amide bonds. The zero-order chi connectivity index (χ0) is 15.8. The molecule has 0 fully saturated rings. The first-order valence-corrected chi connectivity index (χ1v) is 7.85. The number of halogens is 1. The van der Waals surface area contributed by atoms with Crippen LogP contribution in [-0.4, -0.2) is 29.9 Å². The zero-order valence-electron chi connectivity index (χ0n) is 12.7. The van der Waals surface area contributed by atoms with Gasteiger partial charge in [-0.2, -0.15) is 0 Å². The van der Waals surface area contributed by atoms with Gasteiger partial charge in [0.05, 0.1) is 0 Å². The molecule has 21 heavy (non-hydrogen) atoms. The SMILES string of the molecule is CC(=O)NCCN(C(=O)CCC(C)C)c1ccc(Br)cn1. The molecule has 0 unspecified atom stereocenters. The quantitative estimate of drug-likeness (QED) is 0.817. The molecular formula is C15H22BrN3O2. The average Bonchev–Trinajstić information content (AvgIpc) is 2.42. The van der Waals surface area contributed by atoms with E-state index in [9.17, 15) is 9.59 Å². The van der Waals surface area contributed by atoms with Gasteiger partial charge >= 0.3 is 0 Å². The Morgan fingerprint density at radius 2 is 2.10 bits per heavy atom. The molecule has 0 saturated carbocycles. The summed E-state index contributed by atoms with van der Waals surface area (Å²) in [4.78, 5) is 29.2. The zero-order valence-corrected chi connectivity index (χ0v) is 14.3. The lowest BCUT2D eigenvalue weighted by Crippen LogP contribution is -2.38. The van der Waals surface area contributed by atoms with Crippen molar-refractivity contribution in [1.29, 1.82) is 0 Å². The average molecular weight is 356 g/mol. The van der Waals surface area contributed by atoms with E-state index in [4.69, 9.17) is 0 Å². The van der Waals surface area contributed by atoms with Gasteiger partial charge in [0, 0.05) is 37.1 Å². The fraction of sp³-hybridized carbons (Fsp3) is 0.533. The van der Waals surface area contributed by atoms with E-state index >= 15 is 0 Å². The number of aromatic nitrogens is 1. The van der Waals surface area contributed by atoms with Crippen LogP contribution in [0.2, 0.25) is 0 Å². The Kier molecular flexibility index (Phi) is 7.36. The summed E-state index contributed by atoms with van der Waals surface area (Å²) in [6.45, 7) is 6.48. The highest BCUT2D eigenvalue weighted by Crippen LogP contribution is 2.16. The van der Waals surface area contributed by atoms with E-state index in [2.05, 4.69) is 40.1 Å². The summed E-state index contributed by atoms with van der Waals surface area (Å²) in [5, 5.41) is 2.71. The van der Waals surface area contributed by atoms with Crippen molar-refractivity contribution in [2.75, 3.05) is 18.0 Å². The minimum Gasteiger partial charge on any atom is -0.355 e. The molecule has 1 rings (SSSR count). The van der Waals surface area contributed by atoms with Gasteiger partial charge < -0.3 is 5.32 Å². The van der Waals surface area contributed by atoms with Crippen molar-refractivity contribution in [2.24, 2.45) is 5.92 Å². The Morgan fingerprint density at radius 1 is 1.38 bits per heavy atom. The van der Waals surface area contributed by atoms with E-state index in [0.29, 0.717) is 31.2 Å². The largest absolute Gasteiger partial charge is 0.355 e. The van der Waals surface area contributed by atoms with Gasteiger partial charge in [0.2, 0.25) is 11.8 Å². The van der Waals surface area contributed by atoms with E-state index < -0.39 is 0 Å². The van der Waals surface area contributed by atoms with Crippen molar-refractivity contribution in [1.82, 2.24) is 10.3 Å². The van der Waals surface area contributed by atoms with Crippen LogP contribution in [0, 0.1) is 5.92 Å². The fourth-order valence-corrected chi connectivity index (χ4v) is 2.02. The predicted octanol–water partition coefficient (Wildman–Crippen LogP) is 2.75. The second kappa shape index (κ2) is 8.77. The van der Waals surface area contributed by atoms with Crippen molar-refractivity contribution in [3.05, 3.63) is 22.8 Å². The number of nitrogens with one attached hydrogen (secondary N) is 1. The Balaban J connectivity index is 2.75. The molecular weight excluding hydrogens is 334 g/mol. The smallest absolute Gasteiger partial charge is 0.228 e. The number of hydrogen-bond acceptors (Lipinski definition) is 3. The molecule has 5 nitrogen and oxygen atoms in total. The van der Waals surface area contributed by atoms with Gasteiger partial charge in [-0.05, 0) is 40.4 Å². The molecule has 0 aliphatic rings. The Hall–Kier alpha value is -1.43. The fourth-order valence-electron chi connectivity index (χ4n) is 1.79. The van der Waals surface area contributed by atoms with Gasteiger partial charge in [-0.15, -0.1) is 0 Å². The van der Waals surface area contributed by atoms with E-state index in [1.165, 1.54) is 6.92 Å². The first-order chi connectivity index (χ1) is 9.90. The standard InChI is InChI=1S/C15H22BrN3O2/c1-11(2)4-7-15(21)19(9-8-17-12(3)20)14-6-5-13(16)10-18-14/h5-6,10-11H,4,7-9H2,1-3H3,(H,17,20). The van der Waals surface area contributed by atoms with Crippen LogP contribution in [0.25, 0.3) is 0 Å². The number of amides is 2. The minimum absolute atomic E-state index is 0.0314. The number of anilines is 1. The van der Waals surface area contributed by atoms with Gasteiger partial charge in [-0.1, -0.05) is 13.8 Å². The molecule has 0 spiro atoms. The van der Waals surface area contributed by atoms with Gasteiger partial charge in [-0.25, -0.2) is 4.98 Å². The lowest BCUT2D eigenvalue weighted by molar-refractivity contribution is -0.120. The number of rotatable bonds is 7. The molecule has 1 heterocycles. The van der Waals surface area contributed by atoms with E-state index in [1.54, 1.807) is 17.2 Å². The third-order valence-corrected chi connectivity index (χ3v) is 3.40. The van der Waals surface area contributed by atoms with Crippen LogP contribution in [0.5, 0.6) is 0 Å². The van der Waals surface area contributed by atoms with E-state index in [0.717, 1.165) is 10.9 Å². The number of pyridine rings is 1.